The largest absolute Gasteiger partial charge is 0.493 e. The van der Waals surface area contributed by atoms with Gasteiger partial charge >= 0.3 is 5.97 Å². The van der Waals surface area contributed by atoms with E-state index in [1.54, 1.807) is 36.4 Å². The molecule has 0 fully saturated rings. The summed E-state index contributed by atoms with van der Waals surface area (Å²) in [4.78, 5) is 11.7. The summed E-state index contributed by atoms with van der Waals surface area (Å²) in [7, 11) is 5.90. The second-order valence-electron chi connectivity index (χ2n) is 4.99. The minimum absolute atomic E-state index is 0.281. The third-order valence-electron chi connectivity index (χ3n) is 3.52. The van der Waals surface area contributed by atoms with E-state index in [-0.39, 0.29) is 11.5 Å². The molecule has 7 nitrogen and oxygen atoms in total. The fourth-order valence-electron chi connectivity index (χ4n) is 2.34. The zero-order chi connectivity index (χ0) is 19.1. The fourth-order valence-corrected chi connectivity index (χ4v) is 2.34. The van der Waals surface area contributed by atoms with Crippen molar-refractivity contribution < 1.29 is 33.6 Å². The summed E-state index contributed by atoms with van der Waals surface area (Å²) in [6.07, 6.45) is 1.34. The number of para-hydroxylation sites is 2. The summed E-state index contributed by atoms with van der Waals surface area (Å²) in [5.41, 5.74) is 0.456. The Bertz CT molecular complexity index is 812. The average molecular weight is 360 g/mol. The van der Waals surface area contributed by atoms with Crippen LogP contribution in [0.25, 0.3) is 6.08 Å². The van der Waals surface area contributed by atoms with Gasteiger partial charge in [0.25, 0.3) is 0 Å². The van der Waals surface area contributed by atoms with Crippen LogP contribution in [-0.4, -0.2) is 39.5 Å². The lowest BCUT2D eigenvalue weighted by molar-refractivity contribution is -0.134. The minimum Gasteiger partial charge on any atom is -0.493 e. The molecule has 2 aromatic carbocycles. The summed E-state index contributed by atoms with van der Waals surface area (Å²) in [6, 6.07) is 10.1. The molecule has 2 aromatic rings. The number of benzene rings is 2. The van der Waals surface area contributed by atoms with Crippen molar-refractivity contribution in [2.24, 2.45) is 0 Å². The van der Waals surface area contributed by atoms with Crippen LogP contribution in [-0.2, 0) is 4.79 Å². The quantitative estimate of drug-likeness (QED) is 0.571. The van der Waals surface area contributed by atoms with Crippen LogP contribution in [0.1, 0.15) is 5.56 Å². The van der Waals surface area contributed by atoms with Gasteiger partial charge in [-0.05, 0) is 30.3 Å². The van der Waals surface area contributed by atoms with Gasteiger partial charge in [-0.3, -0.25) is 0 Å². The van der Waals surface area contributed by atoms with Crippen LogP contribution >= 0.6 is 0 Å². The summed E-state index contributed by atoms with van der Waals surface area (Å²) < 4.78 is 26.6. The average Bonchev–Trinajstić information content (AvgIpc) is 2.66. The van der Waals surface area contributed by atoms with E-state index in [2.05, 4.69) is 0 Å². The van der Waals surface area contributed by atoms with Gasteiger partial charge in [0, 0.05) is 5.56 Å². The van der Waals surface area contributed by atoms with Crippen LogP contribution in [0.3, 0.4) is 0 Å². The molecule has 2 rings (SSSR count). The molecule has 0 aliphatic rings. The molecule has 0 spiro atoms. The molecular weight excluding hydrogens is 340 g/mol. The molecule has 26 heavy (non-hydrogen) atoms. The predicted molar refractivity (Wildman–Crippen MR) is 95.3 cm³/mol. The SMILES string of the molecule is COc1ccccc1OC(=Cc1ccc(OC)c(OC)c1OC)C(=O)O. The Kier molecular flexibility index (Phi) is 6.32. The first-order valence-corrected chi connectivity index (χ1v) is 7.60. The number of carboxylic acid groups (broad SMARTS) is 1. The first kappa shape index (κ1) is 19.0. The predicted octanol–water partition coefficient (Wildman–Crippen LogP) is 3.23. The highest BCUT2D eigenvalue weighted by atomic mass is 16.5. The Morgan fingerprint density at radius 2 is 1.42 bits per heavy atom. The molecule has 0 aliphatic carbocycles. The molecule has 0 saturated heterocycles. The van der Waals surface area contributed by atoms with E-state index in [0.717, 1.165) is 0 Å². The first-order valence-electron chi connectivity index (χ1n) is 7.60. The number of rotatable bonds is 8. The zero-order valence-corrected chi connectivity index (χ0v) is 14.9. The zero-order valence-electron chi connectivity index (χ0n) is 14.9. The standard InChI is InChI=1S/C19H20O7/c1-22-13-7-5-6-8-14(13)26-16(19(20)21)11-12-9-10-15(23-2)18(25-4)17(12)24-3/h5-11H,1-4H3,(H,20,21). The van der Waals surface area contributed by atoms with Crippen molar-refractivity contribution in [1.29, 1.82) is 0 Å². The number of carboxylic acids is 1. The van der Waals surface area contributed by atoms with Crippen molar-refractivity contribution >= 4 is 12.0 Å². The smallest absolute Gasteiger partial charge is 0.371 e. The van der Waals surface area contributed by atoms with Crippen LogP contribution < -0.4 is 23.7 Å². The molecule has 7 heteroatoms. The lowest BCUT2D eigenvalue weighted by Gasteiger charge is -2.15. The van der Waals surface area contributed by atoms with Gasteiger partial charge < -0.3 is 28.8 Å². The number of hydrogen-bond donors (Lipinski definition) is 1. The van der Waals surface area contributed by atoms with Crippen molar-refractivity contribution in [2.75, 3.05) is 28.4 Å². The maximum Gasteiger partial charge on any atom is 0.371 e. The van der Waals surface area contributed by atoms with Gasteiger partial charge in [-0.2, -0.15) is 0 Å². The van der Waals surface area contributed by atoms with Crippen LogP contribution in [0.5, 0.6) is 28.7 Å². The molecule has 0 saturated carbocycles. The van der Waals surface area contributed by atoms with Crippen LogP contribution in [0.2, 0.25) is 0 Å². The Balaban J connectivity index is 2.51. The van der Waals surface area contributed by atoms with E-state index in [1.165, 1.54) is 34.5 Å². The molecule has 0 aromatic heterocycles. The van der Waals surface area contributed by atoms with Crippen LogP contribution in [0.4, 0.5) is 0 Å². The van der Waals surface area contributed by atoms with E-state index >= 15 is 0 Å². The lowest BCUT2D eigenvalue weighted by Crippen LogP contribution is -2.08. The Labute approximate surface area is 151 Å². The highest BCUT2D eigenvalue weighted by Crippen LogP contribution is 2.40. The van der Waals surface area contributed by atoms with Crippen LogP contribution in [0.15, 0.2) is 42.2 Å². The van der Waals surface area contributed by atoms with Gasteiger partial charge in [0.1, 0.15) is 0 Å². The number of carbonyl (C=O) groups is 1. The van der Waals surface area contributed by atoms with Crippen molar-refractivity contribution in [3.63, 3.8) is 0 Å². The van der Waals surface area contributed by atoms with Crippen molar-refractivity contribution in [3.05, 3.63) is 47.7 Å². The van der Waals surface area contributed by atoms with E-state index in [4.69, 9.17) is 23.7 Å². The highest BCUT2D eigenvalue weighted by molar-refractivity contribution is 5.91. The first-order chi connectivity index (χ1) is 12.5. The van der Waals surface area contributed by atoms with Crippen molar-refractivity contribution in [1.82, 2.24) is 0 Å². The second-order valence-corrected chi connectivity index (χ2v) is 4.99. The lowest BCUT2D eigenvalue weighted by atomic mass is 10.1. The van der Waals surface area contributed by atoms with Gasteiger partial charge in [-0.1, -0.05) is 12.1 Å². The van der Waals surface area contributed by atoms with Gasteiger partial charge in [0.2, 0.25) is 11.5 Å². The molecule has 0 amide bonds. The molecule has 0 atom stereocenters. The molecule has 0 radical (unpaired) electrons. The molecular formula is C19H20O7. The summed E-state index contributed by atoms with van der Waals surface area (Å²) in [6.45, 7) is 0. The van der Waals surface area contributed by atoms with E-state index in [9.17, 15) is 9.90 Å². The fraction of sp³-hybridized carbons (Fsp3) is 0.211. The monoisotopic (exact) mass is 360 g/mol. The highest BCUT2D eigenvalue weighted by Gasteiger charge is 2.18. The normalized spacial score (nSPS) is 10.8. The van der Waals surface area contributed by atoms with E-state index in [0.29, 0.717) is 28.6 Å². The Morgan fingerprint density at radius 1 is 0.808 bits per heavy atom. The van der Waals surface area contributed by atoms with Gasteiger partial charge in [0.15, 0.2) is 23.0 Å². The Hall–Kier alpha value is -3.35. The third kappa shape index (κ3) is 4.00. The minimum atomic E-state index is -1.24. The van der Waals surface area contributed by atoms with Crippen molar-refractivity contribution in [2.45, 2.75) is 0 Å². The second kappa shape index (κ2) is 8.66. The Morgan fingerprint density at radius 3 is 1.96 bits per heavy atom. The number of aliphatic carboxylic acids is 1. The summed E-state index contributed by atoms with van der Waals surface area (Å²) in [5, 5.41) is 9.52. The molecule has 0 unspecified atom stereocenters. The van der Waals surface area contributed by atoms with Gasteiger partial charge in [-0.25, -0.2) is 4.79 Å². The molecule has 0 bridgehead atoms. The number of hydrogen-bond acceptors (Lipinski definition) is 6. The van der Waals surface area contributed by atoms with Gasteiger partial charge in [-0.15, -0.1) is 0 Å². The van der Waals surface area contributed by atoms with E-state index < -0.39 is 5.97 Å². The van der Waals surface area contributed by atoms with Gasteiger partial charge in [0.05, 0.1) is 28.4 Å². The van der Waals surface area contributed by atoms with Crippen LogP contribution in [0, 0.1) is 0 Å². The molecule has 0 aliphatic heterocycles. The third-order valence-corrected chi connectivity index (χ3v) is 3.52. The maximum atomic E-state index is 11.7. The number of ether oxygens (including phenoxy) is 5. The molecule has 1 N–H and O–H groups in total. The maximum absolute atomic E-state index is 11.7. The molecule has 0 heterocycles. The van der Waals surface area contributed by atoms with Crippen molar-refractivity contribution in [3.8, 4) is 28.7 Å². The number of methoxy groups -OCH3 is 4. The van der Waals surface area contributed by atoms with E-state index in [1.807, 2.05) is 0 Å². The molecule has 138 valence electrons. The summed E-state index contributed by atoms with van der Waals surface area (Å²) >= 11 is 0. The topological polar surface area (TPSA) is 83.5 Å². The summed E-state index contributed by atoms with van der Waals surface area (Å²) in [5.74, 6) is 0.291.